The number of hydrogen-bond donors (Lipinski definition) is 0. The predicted molar refractivity (Wildman–Crippen MR) is 65.5 cm³/mol. The van der Waals surface area contributed by atoms with E-state index >= 15 is 0 Å². The highest BCUT2D eigenvalue weighted by molar-refractivity contribution is 7.10. The van der Waals surface area contributed by atoms with Gasteiger partial charge in [-0.1, -0.05) is 24.1 Å². The molecule has 0 bridgehead atoms. The minimum Gasteiger partial charge on any atom is -0.353 e. The lowest BCUT2D eigenvalue weighted by molar-refractivity contribution is 0.295. The average Bonchev–Trinajstić information content (AvgIpc) is 2.81. The van der Waals surface area contributed by atoms with Gasteiger partial charge in [0.15, 0.2) is 0 Å². The van der Waals surface area contributed by atoms with Gasteiger partial charge < -0.3 is 4.90 Å². The van der Waals surface area contributed by atoms with Crippen LogP contribution in [0.25, 0.3) is 0 Å². The second-order valence-electron chi connectivity index (χ2n) is 3.48. The third kappa shape index (κ3) is 1.98. The lowest BCUT2D eigenvalue weighted by atomic mass is 10.1. The van der Waals surface area contributed by atoms with Crippen molar-refractivity contribution in [1.82, 2.24) is 4.90 Å². The number of hydrogen-bond acceptors (Lipinski definition) is 2. The highest BCUT2D eigenvalue weighted by atomic mass is 32.1. The summed E-state index contributed by atoms with van der Waals surface area (Å²) in [6.45, 7) is 2.05. The number of allylic oxidation sites excluding steroid dienone is 2. The standard InChI is InChI=1S/C13H13NS/c1-3-11(2)14-9-5-4-7-12(14)13-8-6-10-15-13/h1,4-12H,2H3/t11-,12?/m1/s1. The molecule has 76 valence electrons. The van der Waals surface area contributed by atoms with Gasteiger partial charge in [-0.2, -0.15) is 0 Å². The van der Waals surface area contributed by atoms with Crippen LogP contribution in [0.1, 0.15) is 17.8 Å². The second kappa shape index (κ2) is 4.37. The fourth-order valence-corrected chi connectivity index (χ4v) is 2.48. The van der Waals surface area contributed by atoms with Crippen LogP contribution in [0.5, 0.6) is 0 Å². The third-order valence-electron chi connectivity index (χ3n) is 2.51. The Labute approximate surface area is 94.7 Å². The maximum absolute atomic E-state index is 5.47. The van der Waals surface area contributed by atoms with Crippen molar-refractivity contribution < 1.29 is 0 Å². The Morgan fingerprint density at radius 2 is 2.40 bits per heavy atom. The first-order chi connectivity index (χ1) is 7.33. The summed E-state index contributed by atoms with van der Waals surface area (Å²) < 4.78 is 0. The molecule has 0 aromatic carbocycles. The largest absolute Gasteiger partial charge is 0.353 e. The molecule has 0 fully saturated rings. The van der Waals surface area contributed by atoms with Crippen molar-refractivity contribution in [1.29, 1.82) is 0 Å². The summed E-state index contributed by atoms with van der Waals surface area (Å²) in [6, 6.07) is 4.64. The molecule has 0 saturated carbocycles. The molecule has 1 aliphatic heterocycles. The van der Waals surface area contributed by atoms with Gasteiger partial charge in [0.1, 0.15) is 0 Å². The molecule has 2 rings (SSSR count). The first-order valence-electron chi connectivity index (χ1n) is 4.95. The molecular weight excluding hydrogens is 202 g/mol. The molecular formula is C13H13NS. The van der Waals surface area contributed by atoms with Gasteiger partial charge in [-0.25, -0.2) is 0 Å². The van der Waals surface area contributed by atoms with Gasteiger partial charge in [-0.15, -0.1) is 17.8 Å². The van der Waals surface area contributed by atoms with E-state index in [1.165, 1.54) is 4.88 Å². The molecule has 1 aromatic heterocycles. The maximum atomic E-state index is 5.47. The van der Waals surface area contributed by atoms with E-state index < -0.39 is 0 Å². The quantitative estimate of drug-likeness (QED) is 0.685. The van der Waals surface area contributed by atoms with Gasteiger partial charge >= 0.3 is 0 Å². The van der Waals surface area contributed by atoms with Crippen LogP contribution in [0, 0.1) is 12.3 Å². The fourth-order valence-electron chi connectivity index (χ4n) is 1.67. The van der Waals surface area contributed by atoms with Crippen molar-refractivity contribution in [2.45, 2.75) is 19.0 Å². The number of nitrogens with zero attached hydrogens (tertiary/aromatic N) is 1. The molecule has 2 heterocycles. The summed E-state index contributed by atoms with van der Waals surface area (Å²) in [5, 5.41) is 2.10. The first kappa shape index (κ1) is 10.1. The van der Waals surface area contributed by atoms with Crippen LogP contribution in [-0.4, -0.2) is 10.9 Å². The number of terminal acetylenes is 1. The second-order valence-corrected chi connectivity index (χ2v) is 4.46. The molecule has 1 aromatic rings. The van der Waals surface area contributed by atoms with E-state index in [-0.39, 0.29) is 6.04 Å². The van der Waals surface area contributed by atoms with E-state index in [9.17, 15) is 0 Å². The predicted octanol–water partition coefficient (Wildman–Crippen LogP) is 3.20. The Balaban J connectivity index is 2.27. The van der Waals surface area contributed by atoms with Crippen LogP contribution in [0.3, 0.4) is 0 Å². The SMILES string of the molecule is C#C[C@@H](C)N1C=CC=CC1c1cccs1. The van der Waals surface area contributed by atoms with Crippen molar-refractivity contribution >= 4 is 11.3 Å². The summed E-state index contributed by atoms with van der Waals surface area (Å²) >= 11 is 1.77. The number of thiophene rings is 1. The van der Waals surface area contributed by atoms with E-state index in [1.807, 2.05) is 13.0 Å². The molecule has 1 aliphatic rings. The lowest BCUT2D eigenvalue weighted by Gasteiger charge is -2.32. The van der Waals surface area contributed by atoms with Gasteiger partial charge in [0.2, 0.25) is 0 Å². The maximum Gasteiger partial charge on any atom is 0.0877 e. The van der Waals surface area contributed by atoms with Crippen molar-refractivity contribution in [2.75, 3.05) is 0 Å². The zero-order valence-electron chi connectivity index (χ0n) is 8.63. The molecule has 15 heavy (non-hydrogen) atoms. The van der Waals surface area contributed by atoms with Crippen molar-refractivity contribution in [2.24, 2.45) is 0 Å². The minimum atomic E-state index is 0.123. The molecule has 0 aliphatic carbocycles. The van der Waals surface area contributed by atoms with E-state index in [4.69, 9.17) is 6.42 Å². The van der Waals surface area contributed by atoms with Gasteiger partial charge in [0.25, 0.3) is 0 Å². The zero-order chi connectivity index (χ0) is 10.7. The van der Waals surface area contributed by atoms with E-state index in [2.05, 4.69) is 46.7 Å². The summed E-state index contributed by atoms with van der Waals surface area (Å²) in [4.78, 5) is 3.53. The van der Waals surface area contributed by atoms with Crippen LogP contribution in [-0.2, 0) is 0 Å². The Morgan fingerprint density at radius 1 is 1.53 bits per heavy atom. The number of rotatable bonds is 2. The molecule has 0 saturated heterocycles. The van der Waals surface area contributed by atoms with Crippen LogP contribution in [0.2, 0.25) is 0 Å². The summed E-state index contributed by atoms with van der Waals surface area (Å²) in [6.07, 6.45) is 13.8. The summed E-state index contributed by atoms with van der Waals surface area (Å²) in [7, 11) is 0. The zero-order valence-corrected chi connectivity index (χ0v) is 9.45. The van der Waals surface area contributed by atoms with Gasteiger partial charge in [0.05, 0.1) is 12.1 Å². The third-order valence-corrected chi connectivity index (χ3v) is 3.45. The molecule has 0 radical (unpaired) electrons. The Hall–Kier alpha value is -1.46. The van der Waals surface area contributed by atoms with Crippen LogP contribution in [0.4, 0.5) is 0 Å². The fraction of sp³-hybridized carbons (Fsp3) is 0.231. The Morgan fingerprint density at radius 3 is 3.07 bits per heavy atom. The van der Waals surface area contributed by atoms with Crippen LogP contribution in [0.15, 0.2) is 41.9 Å². The molecule has 2 heteroatoms. The van der Waals surface area contributed by atoms with Crippen molar-refractivity contribution in [3.05, 3.63) is 46.8 Å². The van der Waals surface area contributed by atoms with Crippen molar-refractivity contribution in [3.63, 3.8) is 0 Å². The molecule has 0 amide bonds. The Bertz CT molecular complexity index is 408. The highest BCUT2D eigenvalue weighted by Gasteiger charge is 2.20. The molecule has 0 N–H and O–H groups in total. The normalized spacial score (nSPS) is 21.3. The molecule has 1 unspecified atom stereocenters. The van der Waals surface area contributed by atoms with Crippen LogP contribution >= 0.6 is 11.3 Å². The Kier molecular flexibility index (Phi) is 2.94. The van der Waals surface area contributed by atoms with E-state index in [0.29, 0.717) is 6.04 Å². The smallest absolute Gasteiger partial charge is 0.0877 e. The van der Waals surface area contributed by atoms with Crippen molar-refractivity contribution in [3.8, 4) is 12.3 Å². The lowest BCUT2D eigenvalue weighted by Crippen LogP contribution is -2.30. The highest BCUT2D eigenvalue weighted by Crippen LogP contribution is 2.30. The van der Waals surface area contributed by atoms with E-state index in [1.54, 1.807) is 11.3 Å². The molecule has 1 nitrogen and oxygen atoms in total. The minimum absolute atomic E-state index is 0.123. The van der Waals surface area contributed by atoms with Gasteiger partial charge in [0, 0.05) is 11.1 Å². The van der Waals surface area contributed by atoms with Gasteiger partial charge in [-0.3, -0.25) is 0 Å². The summed E-state index contributed by atoms with van der Waals surface area (Å²) in [5.41, 5.74) is 0. The van der Waals surface area contributed by atoms with E-state index in [0.717, 1.165) is 0 Å². The average molecular weight is 215 g/mol. The monoisotopic (exact) mass is 215 g/mol. The molecule has 0 spiro atoms. The molecule has 2 atom stereocenters. The van der Waals surface area contributed by atoms with Crippen LogP contribution < -0.4 is 0 Å². The topological polar surface area (TPSA) is 3.24 Å². The first-order valence-corrected chi connectivity index (χ1v) is 5.83. The summed E-state index contributed by atoms with van der Waals surface area (Å²) in [5.74, 6) is 2.77. The van der Waals surface area contributed by atoms with Gasteiger partial charge in [-0.05, 0) is 24.4 Å².